The standard InChI is InChI=1S/C19H12BrN3O8/c20-14-7-10(4-5-15(14)31-9-16(24)25)6-13-17(26)21-19(28)22(18(13)27)11-2-1-3-12(8-11)23(29)30/h1-8H,9H2,(H,24,25)(H,21,26,28)/b13-6-. The van der Waals surface area contributed by atoms with Gasteiger partial charge < -0.3 is 9.84 Å². The summed E-state index contributed by atoms with van der Waals surface area (Å²) in [7, 11) is 0. The fraction of sp³-hybridized carbons (Fsp3) is 0.0526. The molecule has 0 radical (unpaired) electrons. The number of carbonyl (C=O) groups excluding carboxylic acids is 3. The second kappa shape index (κ2) is 8.75. The molecule has 2 aromatic carbocycles. The van der Waals surface area contributed by atoms with Crippen molar-refractivity contribution >= 4 is 57.2 Å². The van der Waals surface area contributed by atoms with Gasteiger partial charge in [-0.2, -0.15) is 0 Å². The number of carbonyl (C=O) groups is 4. The van der Waals surface area contributed by atoms with E-state index >= 15 is 0 Å². The van der Waals surface area contributed by atoms with Gasteiger partial charge in [-0.05, 0) is 45.8 Å². The summed E-state index contributed by atoms with van der Waals surface area (Å²) in [6.07, 6.45) is 1.22. The number of nitrogens with zero attached hydrogens (tertiary/aromatic N) is 2. The van der Waals surface area contributed by atoms with Gasteiger partial charge in [0.15, 0.2) is 6.61 Å². The average molecular weight is 490 g/mol. The van der Waals surface area contributed by atoms with Crippen molar-refractivity contribution in [2.24, 2.45) is 0 Å². The van der Waals surface area contributed by atoms with E-state index in [4.69, 9.17) is 9.84 Å². The molecule has 2 N–H and O–H groups in total. The number of imide groups is 2. The zero-order valence-corrected chi connectivity index (χ0v) is 17.0. The first-order valence-electron chi connectivity index (χ1n) is 8.47. The Kier molecular flexibility index (Phi) is 6.11. The predicted molar refractivity (Wildman–Crippen MR) is 109 cm³/mol. The monoisotopic (exact) mass is 489 g/mol. The number of non-ortho nitro benzene ring substituents is 1. The molecule has 0 aliphatic carbocycles. The molecule has 3 rings (SSSR count). The van der Waals surface area contributed by atoms with Crippen LogP contribution in [-0.4, -0.2) is 40.5 Å². The van der Waals surface area contributed by atoms with Crippen molar-refractivity contribution in [2.75, 3.05) is 11.5 Å². The van der Waals surface area contributed by atoms with Crippen LogP contribution in [0, 0.1) is 10.1 Å². The van der Waals surface area contributed by atoms with Gasteiger partial charge in [-0.25, -0.2) is 14.5 Å². The molecular formula is C19H12BrN3O8. The Bertz CT molecular complexity index is 1160. The van der Waals surface area contributed by atoms with E-state index in [0.717, 1.165) is 6.07 Å². The van der Waals surface area contributed by atoms with Gasteiger partial charge >= 0.3 is 12.0 Å². The van der Waals surface area contributed by atoms with Gasteiger partial charge in [-0.1, -0.05) is 12.1 Å². The number of urea groups is 1. The second-order valence-electron chi connectivity index (χ2n) is 6.11. The van der Waals surface area contributed by atoms with Crippen LogP contribution in [0.15, 0.2) is 52.5 Å². The molecule has 1 aliphatic heterocycles. The Balaban J connectivity index is 1.94. The van der Waals surface area contributed by atoms with Crippen molar-refractivity contribution in [2.45, 2.75) is 0 Å². The number of ether oxygens (including phenoxy) is 1. The number of hydrogen-bond donors (Lipinski definition) is 2. The Morgan fingerprint density at radius 2 is 1.97 bits per heavy atom. The maximum Gasteiger partial charge on any atom is 0.341 e. The molecule has 1 saturated heterocycles. The van der Waals surface area contributed by atoms with Crippen molar-refractivity contribution in [3.63, 3.8) is 0 Å². The lowest BCUT2D eigenvalue weighted by molar-refractivity contribution is -0.384. The third kappa shape index (κ3) is 4.75. The molecule has 2 aromatic rings. The predicted octanol–water partition coefficient (Wildman–Crippen LogP) is 2.49. The maximum absolute atomic E-state index is 12.9. The minimum atomic E-state index is -1.16. The van der Waals surface area contributed by atoms with E-state index in [0.29, 0.717) is 14.9 Å². The lowest BCUT2D eigenvalue weighted by Gasteiger charge is -2.26. The van der Waals surface area contributed by atoms with Gasteiger partial charge in [-0.15, -0.1) is 0 Å². The summed E-state index contributed by atoms with van der Waals surface area (Å²) in [5.41, 5.74) is -0.409. The Morgan fingerprint density at radius 3 is 2.61 bits per heavy atom. The molecule has 158 valence electrons. The van der Waals surface area contributed by atoms with E-state index < -0.39 is 35.3 Å². The van der Waals surface area contributed by atoms with Crippen LogP contribution in [0.5, 0.6) is 5.75 Å². The number of carboxylic acid groups (broad SMARTS) is 1. The minimum Gasteiger partial charge on any atom is -0.481 e. The number of barbiturate groups is 1. The van der Waals surface area contributed by atoms with Crippen molar-refractivity contribution in [1.82, 2.24) is 5.32 Å². The van der Waals surface area contributed by atoms with E-state index in [1.807, 2.05) is 5.32 Å². The van der Waals surface area contributed by atoms with Crippen LogP contribution in [0.4, 0.5) is 16.2 Å². The van der Waals surface area contributed by atoms with E-state index in [1.54, 1.807) is 0 Å². The number of aliphatic carboxylic acids is 1. The summed E-state index contributed by atoms with van der Waals surface area (Å²) in [5, 5.41) is 21.7. The highest BCUT2D eigenvalue weighted by Crippen LogP contribution is 2.29. The molecule has 0 spiro atoms. The highest BCUT2D eigenvalue weighted by Gasteiger charge is 2.37. The number of amides is 4. The SMILES string of the molecule is O=C(O)COc1ccc(/C=C2/C(=O)NC(=O)N(c3cccc([N+](=O)[O-])c3)C2=O)cc1Br. The lowest BCUT2D eigenvalue weighted by atomic mass is 10.1. The van der Waals surface area contributed by atoms with Crippen LogP contribution in [-0.2, 0) is 14.4 Å². The molecule has 4 amide bonds. The van der Waals surface area contributed by atoms with Crippen LogP contribution in [0.2, 0.25) is 0 Å². The molecule has 0 atom stereocenters. The number of halogens is 1. The van der Waals surface area contributed by atoms with Gasteiger partial charge in [0.2, 0.25) is 0 Å². The molecular weight excluding hydrogens is 478 g/mol. The molecule has 31 heavy (non-hydrogen) atoms. The third-order valence-electron chi connectivity index (χ3n) is 4.02. The number of hydrogen-bond acceptors (Lipinski definition) is 7. The van der Waals surface area contributed by atoms with Crippen molar-refractivity contribution in [3.8, 4) is 5.75 Å². The summed E-state index contributed by atoms with van der Waals surface area (Å²) in [4.78, 5) is 58.9. The van der Waals surface area contributed by atoms with Crippen molar-refractivity contribution < 1.29 is 33.9 Å². The summed E-state index contributed by atoms with van der Waals surface area (Å²) in [6.45, 7) is -0.555. The smallest absolute Gasteiger partial charge is 0.341 e. The van der Waals surface area contributed by atoms with Crippen LogP contribution < -0.4 is 15.0 Å². The molecule has 12 heteroatoms. The Labute approximate surface area is 182 Å². The molecule has 0 bridgehead atoms. The highest BCUT2D eigenvalue weighted by atomic mass is 79.9. The van der Waals surface area contributed by atoms with Crippen LogP contribution in [0.25, 0.3) is 6.08 Å². The number of nitro groups is 1. The summed E-state index contributed by atoms with van der Waals surface area (Å²) < 4.78 is 5.46. The Morgan fingerprint density at radius 1 is 1.23 bits per heavy atom. The highest BCUT2D eigenvalue weighted by molar-refractivity contribution is 9.10. The first kappa shape index (κ1) is 21.6. The summed E-state index contributed by atoms with van der Waals surface area (Å²) in [6, 6.07) is 8.23. The fourth-order valence-corrected chi connectivity index (χ4v) is 3.18. The summed E-state index contributed by atoms with van der Waals surface area (Å²) >= 11 is 3.21. The molecule has 11 nitrogen and oxygen atoms in total. The number of nitro benzene ring substituents is 1. The molecule has 0 aromatic heterocycles. The topological polar surface area (TPSA) is 156 Å². The first-order chi connectivity index (χ1) is 14.7. The number of anilines is 1. The number of rotatable bonds is 6. The minimum absolute atomic E-state index is 0.0753. The molecule has 1 fully saturated rings. The fourth-order valence-electron chi connectivity index (χ4n) is 2.67. The molecule has 0 unspecified atom stereocenters. The first-order valence-corrected chi connectivity index (χ1v) is 9.26. The van der Waals surface area contributed by atoms with Gasteiger partial charge in [-0.3, -0.25) is 25.0 Å². The lowest BCUT2D eigenvalue weighted by Crippen LogP contribution is -2.54. The number of nitrogens with one attached hydrogen (secondary N) is 1. The van der Waals surface area contributed by atoms with Crippen LogP contribution >= 0.6 is 15.9 Å². The molecule has 0 saturated carbocycles. The zero-order valence-electron chi connectivity index (χ0n) is 15.4. The van der Waals surface area contributed by atoms with Crippen molar-refractivity contribution in [1.29, 1.82) is 0 Å². The van der Waals surface area contributed by atoms with Gasteiger partial charge in [0.1, 0.15) is 11.3 Å². The second-order valence-corrected chi connectivity index (χ2v) is 6.96. The zero-order chi connectivity index (χ0) is 22.7. The third-order valence-corrected chi connectivity index (χ3v) is 4.64. The summed E-state index contributed by atoms with van der Waals surface area (Å²) in [5.74, 6) is -2.82. The largest absolute Gasteiger partial charge is 0.481 e. The van der Waals surface area contributed by atoms with Crippen molar-refractivity contribution in [3.05, 3.63) is 68.2 Å². The van der Waals surface area contributed by atoms with Gasteiger partial charge in [0, 0.05) is 12.1 Å². The number of benzene rings is 2. The quantitative estimate of drug-likeness (QED) is 0.271. The Hall–Kier alpha value is -4.06. The van der Waals surface area contributed by atoms with E-state index in [-0.39, 0.29) is 22.7 Å². The number of carboxylic acids is 1. The molecule has 1 aliphatic rings. The van der Waals surface area contributed by atoms with E-state index in [9.17, 15) is 29.3 Å². The van der Waals surface area contributed by atoms with Gasteiger partial charge in [0.05, 0.1) is 15.1 Å². The van der Waals surface area contributed by atoms with Crippen LogP contribution in [0.1, 0.15) is 5.56 Å². The molecule has 1 heterocycles. The average Bonchev–Trinajstić information content (AvgIpc) is 2.70. The normalized spacial score (nSPS) is 15.1. The van der Waals surface area contributed by atoms with E-state index in [1.165, 1.54) is 42.5 Å². The van der Waals surface area contributed by atoms with Gasteiger partial charge in [0.25, 0.3) is 17.5 Å². The maximum atomic E-state index is 12.9. The van der Waals surface area contributed by atoms with E-state index in [2.05, 4.69) is 15.9 Å². The van der Waals surface area contributed by atoms with Crippen LogP contribution in [0.3, 0.4) is 0 Å².